The van der Waals surface area contributed by atoms with E-state index < -0.39 is 0 Å². The Morgan fingerprint density at radius 1 is 1.00 bits per heavy atom. The van der Waals surface area contributed by atoms with Crippen molar-refractivity contribution in [3.8, 4) is 0 Å². The zero-order chi connectivity index (χ0) is 12.4. The van der Waals surface area contributed by atoms with E-state index in [0.29, 0.717) is 0 Å². The lowest BCUT2D eigenvalue weighted by molar-refractivity contribution is 0.726. The Morgan fingerprint density at radius 2 is 1.72 bits per heavy atom. The molecule has 94 valence electrons. The van der Waals surface area contributed by atoms with E-state index in [1.807, 2.05) is 0 Å². The van der Waals surface area contributed by atoms with Crippen LogP contribution in [0.4, 0.5) is 5.69 Å². The summed E-state index contributed by atoms with van der Waals surface area (Å²) in [6, 6.07) is 10.7. The Kier molecular flexibility index (Phi) is 3.18. The van der Waals surface area contributed by atoms with Crippen molar-refractivity contribution in [3.63, 3.8) is 0 Å². The number of benzene rings is 1. The third-order valence-electron chi connectivity index (χ3n) is 3.77. The summed E-state index contributed by atoms with van der Waals surface area (Å²) in [5.41, 5.74) is 3.62. The maximum atomic E-state index is 4.63. The van der Waals surface area contributed by atoms with Crippen molar-refractivity contribution < 1.29 is 0 Å². The maximum Gasteiger partial charge on any atom is 0.0726 e. The van der Waals surface area contributed by atoms with Gasteiger partial charge in [-0.1, -0.05) is 31.0 Å². The highest BCUT2D eigenvalue weighted by atomic mass is 15.1. The van der Waals surface area contributed by atoms with E-state index in [4.69, 9.17) is 0 Å². The van der Waals surface area contributed by atoms with Gasteiger partial charge in [0.25, 0.3) is 0 Å². The minimum atomic E-state index is 1.12. The van der Waals surface area contributed by atoms with Gasteiger partial charge in [-0.3, -0.25) is 4.98 Å². The third-order valence-corrected chi connectivity index (χ3v) is 3.77. The molecule has 0 radical (unpaired) electrons. The molecular formula is C16H20N2. The van der Waals surface area contributed by atoms with Gasteiger partial charge in [-0.05, 0) is 31.9 Å². The first-order valence-corrected chi connectivity index (χ1v) is 6.96. The number of hydrogen-bond acceptors (Lipinski definition) is 2. The Hall–Kier alpha value is -1.57. The minimum Gasteiger partial charge on any atom is -0.371 e. The largest absolute Gasteiger partial charge is 0.371 e. The standard InChI is InChI=1S/C16H20N2/c1-13-12-16(18-10-6-2-3-7-11-18)14-8-4-5-9-15(14)17-13/h4-5,8-9,12H,2-3,6-7,10-11H2,1H3. The molecular weight excluding hydrogens is 220 g/mol. The Labute approximate surface area is 109 Å². The Balaban J connectivity index is 2.08. The molecule has 1 aliphatic heterocycles. The number of anilines is 1. The highest BCUT2D eigenvalue weighted by Gasteiger charge is 2.13. The average Bonchev–Trinajstić information content (AvgIpc) is 2.66. The minimum absolute atomic E-state index is 1.12. The third kappa shape index (κ3) is 2.20. The van der Waals surface area contributed by atoms with Crippen LogP contribution in [-0.4, -0.2) is 18.1 Å². The zero-order valence-electron chi connectivity index (χ0n) is 11.0. The Morgan fingerprint density at radius 3 is 2.50 bits per heavy atom. The van der Waals surface area contributed by atoms with Crippen molar-refractivity contribution in [2.45, 2.75) is 32.6 Å². The van der Waals surface area contributed by atoms with Gasteiger partial charge in [0.05, 0.1) is 5.52 Å². The molecule has 2 heteroatoms. The number of pyridine rings is 1. The predicted molar refractivity (Wildman–Crippen MR) is 77.2 cm³/mol. The quantitative estimate of drug-likeness (QED) is 0.751. The van der Waals surface area contributed by atoms with Gasteiger partial charge in [-0.2, -0.15) is 0 Å². The number of fused-ring (bicyclic) bond motifs is 1. The Bertz CT molecular complexity index is 540. The molecule has 0 unspecified atom stereocenters. The molecule has 1 aromatic carbocycles. The number of para-hydroxylation sites is 1. The normalized spacial score (nSPS) is 16.8. The van der Waals surface area contributed by atoms with Crippen molar-refractivity contribution in [1.29, 1.82) is 0 Å². The summed E-state index contributed by atoms with van der Waals surface area (Å²) < 4.78 is 0. The molecule has 0 saturated carbocycles. The molecule has 3 rings (SSSR count). The van der Waals surface area contributed by atoms with Crippen molar-refractivity contribution in [2.75, 3.05) is 18.0 Å². The monoisotopic (exact) mass is 240 g/mol. The van der Waals surface area contributed by atoms with Gasteiger partial charge in [-0.15, -0.1) is 0 Å². The van der Waals surface area contributed by atoms with Crippen LogP contribution in [0.25, 0.3) is 10.9 Å². The molecule has 1 aromatic heterocycles. The molecule has 2 aromatic rings. The van der Waals surface area contributed by atoms with Crippen LogP contribution in [0.1, 0.15) is 31.4 Å². The zero-order valence-corrected chi connectivity index (χ0v) is 11.0. The second-order valence-electron chi connectivity index (χ2n) is 5.20. The lowest BCUT2D eigenvalue weighted by Gasteiger charge is -2.24. The number of hydrogen-bond donors (Lipinski definition) is 0. The summed E-state index contributed by atoms with van der Waals surface area (Å²) >= 11 is 0. The highest BCUT2D eigenvalue weighted by molar-refractivity contribution is 5.91. The molecule has 2 nitrogen and oxygen atoms in total. The number of nitrogens with zero attached hydrogens (tertiary/aromatic N) is 2. The SMILES string of the molecule is Cc1cc(N2CCCCCC2)c2ccccc2n1. The number of aryl methyl sites for hydroxylation is 1. The summed E-state index contributed by atoms with van der Waals surface area (Å²) in [6.45, 7) is 4.47. The van der Waals surface area contributed by atoms with Gasteiger partial charge in [0.2, 0.25) is 0 Å². The fourth-order valence-electron chi connectivity index (χ4n) is 2.86. The fraction of sp³-hybridized carbons (Fsp3) is 0.438. The number of rotatable bonds is 1. The predicted octanol–water partition coefficient (Wildman–Crippen LogP) is 3.92. The van der Waals surface area contributed by atoms with Crippen molar-refractivity contribution >= 4 is 16.6 Å². The van der Waals surface area contributed by atoms with E-state index in [1.54, 1.807) is 0 Å². The lowest BCUT2D eigenvalue weighted by atomic mass is 10.1. The van der Waals surface area contributed by atoms with Crippen LogP contribution in [0, 0.1) is 6.92 Å². The van der Waals surface area contributed by atoms with Gasteiger partial charge >= 0.3 is 0 Å². The summed E-state index contributed by atoms with van der Waals surface area (Å²) in [4.78, 5) is 7.17. The van der Waals surface area contributed by atoms with Gasteiger partial charge in [-0.25, -0.2) is 0 Å². The summed E-state index contributed by atoms with van der Waals surface area (Å²) in [5, 5.41) is 1.30. The molecule has 1 fully saturated rings. The van der Waals surface area contributed by atoms with E-state index in [2.05, 4.69) is 47.1 Å². The van der Waals surface area contributed by atoms with Crippen LogP contribution in [-0.2, 0) is 0 Å². The first kappa shape index (κ1) is 11.5. The maximum absolute atomic E-state index is 4.63. The summed E-state index contributed by atoms with van der Waals surface area (Å²) in [5.74, 6) is 0. The molecule has 0 atom stereocenters. The molecule has 2 heterocycles. The van der Waals surface area contributed by atoms with E-state index in [9.17, 15) is 0 Å². The van der Waals surface area contributed by atoms with Crippen molar-refractivity contribution in [2.24, 2.45) is 0 Å². The van der Waals surface area contributed by atoms with Gasteiger partial charge in [0, 0.05) is 29.9 Å². The fourth-order valence-corrected chi connectivity index (χ4v) is 2.86. The van der Waals surface area contributed by atoms with Gasteiger partial charge in [0.1, 0.15) is 0 Å². The van der Waals surface area contributed by atoms with E-state index >= 15 is 0 Å². The van der Waals surface area contributed by atoms with Crippen LogP contribution in [0.2, 0.25) is 0 Å². The second kappa shape index (κ2) is 4.97. The van der Waals surface area contributed by atoms with E-state index in [-0.39, 0.29) is 0 Å². The molecule has 0 aliphatic carbocycles. The van der Waals surface area contributed by atoms with E-state index in [0.717, 1.165) is 11.2 Å². The molecule has 0 amide bonds. The van der Waals surface area contributed by atoms with Crippen molar-refractivity contribution in [1.82, 2.24) is 4.98 Å². The van der Waals surface area contributed by atoms with Crippen LogP contribution >= 0.6 is 0 Å². The highest BCUT2D eigenvalue weighted by Crippen LogP contribution is 2.28. The van der Waals surface area contributed by atoms with Crippen molar-refractivity contribution in [3.05, 3.63) is 36.0 Å². The van der Waals surface area contributed by atoms with Gasteiger partial charge < -0.3 is 4.90 Å². The van der Waals surface area contributed by atoms with Crippen LogP contribution in [0.5, 0.6) is 0 Å². The lowest BCUT2D eigenvalue weighted by Crippen LogP contribution is -2.24. The van der Waals surface area contributed by atoms with Gasteiger partial charge in [0.15, 0.2) is 0 Å². The first-order valence-electron chi connectivity index (χ1n) is 6.96. The topological polar surface area (TPSA) is 16.1 Å². The molecule has 1 aliphatic rings. The number of aromatic nitrogens is 1. The molecule has 0 N–H and O–H groups in total. The molecule has 0 spiro atoms. The second-order valence-corrected chi connectivity index (χ2v) is 5.20. The summed E-state index contributed by atoms with van der Waals surface area (Å²) in [7, 11) is 0. The molecule has 1 saturated heterocycles. The van der Waals surface area contributed by atoms with Crippen LogP contribution in [0.15, 0.2) is 30.3 Å². The first-order chi connectivity index (χ1) is 8.84. The average molecular weight is 240 g/mol. The van der Waals surface area contributed by atoms with Crippen LogP contribution < -0.4 is 4.90 Å². The molecule has 0 bridgehead atoms. The van der Waals surface area contributed by atoms with Crippen LogP contribution in [0.3, 0.4) is 0 Å². The summed E-state index contributed by atoms with van der Waals surface area (Å²) in [6.07, 6.45) is 5.38. The smallest absolute Gasteiger partial charge is 0.0726 e. The van der Waals surface area contributed by atoms with E-state index in [1.165, 1.54) is 49.8 Å². The molecule has 18 heavy (non-hydrogen) atoms.